The number of fused-ring (bicyclic) bond motifs is 1. The second-order valence-electron chi connectivity index (χ2n) is 4.39. The van der Waals surface area contributed by atoms with Crippen LogP contribution in [0.1, 0.15) is 12.5 Å². The molecule has 0 bridgehead atoms. The van der Waals surface area contributed by atoms with Crippen LogP contribution in [0.15, 0.2) is 41.1 Å². The van der Waals surface area contributed by atoms with E-state index >= 15 is 0 Å². The van der Waals surface area contributed by atoms with Gasteiger partial charge in [-0.05, 0) is 25.5 Å². The molecule has 2 heterocycles. The Balaban J connectivity index is 2.17. The minimum Gasteiger partial charge on any atom is -0.454 e. The van der Waals surface area contributed by atoms with E-state index in [1.165, 1.54) is 0 Å². The lowest BCUT2D eigenvalue weighted by atomic mass is 10.2. The topological polar surface area (TPSA) is 51.0 Å². The number of hydrogen-bond acceptors (Lipinski definition) is 4. The molecule has 1 N–H and O–H groups in total. The van der Waals surface area contributed by atoms with Crippen molar-refractivity contribution in [3.05, 3.63) is 42.2 Å². The first-order valence-electron chi connectivity index (χ1n) is 6.34. The van der Waals surface area contributed by atoms with Crippen LogP contribution in [0.5, 0.6) is 0 Å². The summed E-state index contributed by atoms with van der Waals surface area (Å²) < 4.78 is 5.93. The summed E-state index contributed by atoms with van der Waals surface area (Å²) in [5.74, 6) is 1.50. The van der Waals surface area contributed by atoms with Crippen molar-refractivity contribution >= 4 is 16.8 Å². The number of aryl methyl sites for hydroxylation is 1. The summed E-state index contributed by atoms with van der Waals surface area (Å²) in [6.45, 7) is 4.86. The quantitative estimate of drug-likeness (QED) is 0.774. The first-order chi connectivity index (χ1) is 9.29. The molecule has 0 saturated carbocycles. The lowest BCUT2D eigenvalue weighted by molar-refractivity contribution is 0.626. The highest BCUT2D eigenvalue weighted by Gasteiger charge is 2.13. The zero-order valence-corrected chi connectivity index (χ0v) is 11.0. The SMILES string of the molecule is CCNc1nccnc1-c1cc2cccc(C)c2o1. The molecular formula is C15H15N3O. The van der Waals surface area contributed by atoms with Crippen LogP contribution >= 0.6 is 0 Å². The molecule has 2 aromatic heterocycles. The van der Waals surface area contributed by atoms with E-state index in [-0.39, 0.29) is 0 Å². The van der Waals surface area contributed by atoms with Gasteiger partial charge in [-0.15, -0.1) is 0 Å². The highest BCUT2D eigenvalue weighted by Crippen LogP contribution is 2.31. The maximum atomic E-state index is 5.93. The van der Waals surface area contributed by atoms with Crippen LogP contribution in [0, 0.1) is 6.92 Å². The summed E-state index contributed by atoms with van der Waals surface area (Å²) in [6, 6.07) is 8.11. The van der Waals surface area contributed by atoms with Crippen molar-refractivity contribution in [2.75, 3.05) is 11.9 Å². The normalized spacial score (nSPS) is 10.8. The van der Waals surface area contributed by atoms with E-state index in [0.29, 0.717) is 0 Å². The van der Waals surface area contributed by atoms with Crippen LogP contribution in [0.2, 0.25) is 0 Å². The number of rotatable bonds is 3. The zero-order chi connectivity index (χ0) is 13.2. The van der Waals surface area contributed by atoms with Crippen molar-refractivity contribution in [2.45, 2.75) is 13.8 Å². The number of furan rings is 1. The van der Waals surface area contributed by atoms with Crippen molar-refractivity contribution < 1.29 is 4.42 Å². The summed E-state index contributed by atoms with van der Waals surface area (Å²) in [7, 11) is 0. The molecule has 4 heteroatoms. The van der Waals surface area contributed by atoms with Gasteiger partial charge in [0.15, 0.2) is 11.6 Å². The fourth-order valence-corrected chi connectivity index (χ4v) is 2.14. The lowest BCUT2D eigenvalue weighted by Crippen LogP contribution is -2.01. The molecule has 19 heavy (non-hydrogen) atoms. The van der Waals surface area contributed by atoms with Crippen molar-refractivity contribution in [2.24, 2.45) is 0 Å². The van der Waals surface area contributed by atoms with Crippen LogP contribution in [-0.2, 0) is 0 Å². The van der Waals surface area contributed by atoms with Crippen molar-refractivity contribution in [1.29, 1.82) is 0 Å². The Morgan fingerprint density at radius 3 is 2.84 bits per heavy atom. The molecule has 0 saturated heterocycles. The summed E-state index contributed by atoms with van der Waals surface area (Å²) >= 11 is 0. The molecule has 96 valence electrons. The third-order valence-electron chi connectivity index (χ3n) is 3.02. The molecule has 0 amide bonds. The highest BCUT2D eigenvalue weighted by atomic mass is 16.3. The summed E-state index contributed by atoms with van der Waals surface area (Å²) in [4.78, 5) is 8.68. The molecule has 0 atom stereocenters. The average molecular weight is 253 g/mol. The zero-order valence-electron chi connectivity index (χ0n) is 11.0. The number of hydrogen-bond donors (Lipinski definition) is 1. The predicted octanol–water partition coefficient (Wildman–Crippen LogP) is 3.63. The van der Waals surface area contributed by atoms with Gasteiger partial charge in [0.05, 0.1) is 0 Å². The average Bonchev–Trinajstić information content (AvgIpc) is 2.85. The molecule has 0 aliphatic rings. The van der Waals surface area contributed by atoms with Gasteiger partial charge in [0.1, 0.15) is 11.3 Å². The second kappa shape index (κ2) is 4.72. The van der Waals surface area contributed by atoms with Gasteiger partial charge >= 0.3 is 0 Å². The number of nitrogens with zero attached hydrogens (tertiary/aromatic N) is 2. The van der Waals surface area contributed by atoms with Gasteiger partial charge in [0.2, 0.25) is 0 Å². The molecule has 0 aliphatic heterocycles. The van der Waals surface area contributed by atoms with Crippen LogP contribution in [-0.4, -0.2) is 16.5 Å². The lowest BCUT2D eigenvalue weighted by Gasteiger charge is -2.05. The molecular weight excluding hydrogens is 238 g/mol. The fraction of sp³-hybridized carbons (Fsp3) is 0.200. The Morgan fingerprint density at radius 1 is 1.21 bits per heavy atom. The third-order valence-corrected chi connectivity index (χ3v) is 3.02. The van der Waals surface area contributed by atoms with Gasteiger partial charge in [-0.3, -0.25) is 0 Å². The van der Waals surface area contributed by atoms with E-state index in [1.54, 1.807) is 12.4 Å². The number of nitrogens with one attached hydrogen (secondary N) is 1. The predicted molar refractivity (Wildman–Crippen MR) is 76.1 cm³/mol. The smallest absolute Gasteiger partial charge is 0.157 e. The number of aromatic nitrogens is 2. The van der Waals surface area contributed by atoms with Gasteiger partial charge in [0, 0.05) is 24.3 Å². The molecule has 3 rings (SSSR count). The summed E-state index contributed by atoms with van der Waals surface area (Å²) in [6.07, 6.45) is 3.35. The van der Waals surface area contributed by atoms with Gasteiger partial charge in [0.25, 0.3) is 0 Å². The highest BCUT2D eigenvalue weighted by molar-refractivity contribution is 5.86. The molecule has 0 aliphatic carbocycles. The van der Waals surface area contributed by atoms with Gasteiger partial charge < -0.3 is 9.73 Å². The Labute approximate surface area is 111 Å². The Kier molecular flexibility index (Phi) is 2.91. The molecule has 1 aromatic carbocycles. The molecule has 0 fully saturated rings. The number of anilines is 1. The van der Waals surface area contributed by atoms with Crippen LogP contribution in [0.3, 0.4) is 0 Å². The first-order valence-corrected chi connectivity index (χ1v) is 6.34. The van der Waals surface area contributed by atoms with Gasteiger partial charge in [-0.1, -0.05) is 18.2 Å². The molecule has 0 unspecified atom stereocenters. The standard InChI is InChI=1S/C15H15N3O/c1-3-16-15-13(17-7-8-18-15)12-9-11-6-4-5-10(2)14(11)19-12/h4-9H,3H2,1-2H3,(H,16,18). The van der Waals surface area contributed by atoms with Crippen molar-refractivity contribution in [3.8, 4) is 11.5 Å². The Morgan fingerprint density at radius 2 is 2.05 bits per heavy atom. The first kappa shape index (κ1) is 11.7. The van der Waals surface area contributed by atoms with E-state index in [4.69, 9.17) is 4.42 Å². The summed E-state index contributed by atoms with van der Waals surface area (Å²) in [5.41, 5.74) is 2.78. The number of para-hydroxylation sites is 1. The van der Waals surface area contributed by atoms with Crippen molar-refractivity contribution in [3.63, 3.8) is 0 Å². The molecule has 0 radical (unpaired) electrons. The second-order valence-corrected chi connectivity index (χ2v) is 4.39. The van der Waals surface area contributed by atoms with E-state index < -0.39 is 0 Å². The van der Waals surface area contributed by atoms with Crippen LogP contribution in [0.4, 0.5) is 5.82 Å². The van der Waals surface area contributed by atoms with E-state index in [0.717, 1.165) is 40.3 Å². The van der Waals surface area contributed by atoms with E-state index in [1.807, 2.05) is 38.1 Å². The maximum Gasteiger partial charge on any atom is 0.157 e. The maximum absolute atomic E-state index is 5.93. The van der Waals surface area contributed by atoms with E-state index in [9.17, 15) is 0 Å². The Bertz CT molecular complexity index is 718. The number of benzene rings is 1. The van der Waals surface area contributed by atoms with Gasteiger partial charge in [-0.2, -0.15) is 0 Å². The molecule has 4 nitrogen and oxygen atoms in total. The van der Waals surface area contributed by atoms with E-state index in [2.05, 4.69) is 15.3 Å². The minimum absolute atomic E-state index is 0.744. The molecule has 0 spiro atoms. The third kappa shape index (κ3) is 2.05. The fourth-order valence-electron chi connectivity index (χ4n) is 2.14. The monoisotopic (exact) mass is 253 g/mol. The van der Waals surface area contributed by atoms with Crippen LogP contribution < -0.4 is 5.32 Å². The van der Waals surface area contributed by atoms with Gasteiger partial charge in [-0.25, -0.2) is 9.97 Å². The molecule has 3 aromatic rings. The minimum atomic E-state index is 0.744. The van der Waals surface area contributed by atoms with Crippen LogP contribution in [0.25, 0.3) is 22.4 Å². The van der Waals surface area contributed by atoms with Crippen molar-refractivity contribution in [1.82, 2.24) is 9.97 Å². The largest absolute Gasteiger partial charge is 0.454 e. The Hall–Kier alpha value is -2.36. The summed E-state index contributed by atoms with van der Waals surface area (Å²) in [5, 5.41) is 4.29.